The topological polar surface area (TPSA) is 73.4 Å². The van der Waals surface area contributed by atoms with Gasteiger partial charge in [0.1, 0.15) is 0 Å². The standard InChI is InChI=1S/C15H22N4O/c1-11(2)19(9-5-8-16)14-10-12(17)6-7-13(14)15(20)18(3)4/h6-7,10-11H,5,9,17H2,1-4H3. The van der Waals surface area contributed by atoms with Gasteiger partial charge in [-0.05, 0) is 32.0 Å². The first-order chi connectivity index (χ1) is 9.38. The Balaban J connectivity index is 3.28. The van der Waals surface area contributed by atoms with Crippen LogP contribution in [0, 0.1) is 11.3 Å². The molecule has 0 unspecified atom stereocenters. The van der Waals surface area contributed by atoms with Crippen LogP contribution in [0.15, 0.2) is 18.2 Å². The Morgan fingerprint density at radius 2 is 2.05 bits per heavy atom. The SMILES string of the molecule is CC(C)N(CCC#N)c1cc(N)ccc1C(=O)N(C)C. The second-order valence-corrected chi connectivity index (χ2v) is 5.17. The molecule has 1 rings (SSSR count). The minimum atomic E-state index is -0.0670. The number of hydrogen-bond acceptors (Lipinski definition) is 4. The van der Waals surface area contributed by atoms with Gasteiger partial charge in [-0.2, -0.15) is 5.26 Å². The summed E-state index contributed by atoms with van der Waals surface area (Å²) in [5.41, 5.74) is 7.86. The zero-order chi connectivity index (χ0) is 15.3. The summed E-state index contributed by atoms with van der Waals surface area (Å²) < 4.78 is 0. The average Bonchev–Trinajstić information content (AvgIpc) is 2.38. The lowest BCUT2D eigenvalue weighted by Gasteiger charge is -2.30. The smallest absolute Gasteiger partial charge is 0.255 e. The number of nitrogens with zero attached hydrogens (tertiary/aromatic N) is 3. The summed E-state index contributed by atoms with van der Waals surface area (Å²) in [6.07, 6.45) is 0.405. The zero-order valence-electron chi connectivity index (χ0n) is 12.6. The van der Waals surface area contributed by atoms with Crippen molar-refractivity contribution in [3.63, 3.8) is 0 Å². The Bertz CT molecular complexity index is 517. The largest absolute Gasteiger partial charge is 0.399 e. The molecule has 0 bridgehead atoms. The molecule has 0 fully saturated rings. The van der Waals surface area contributed by atoms with Gasteiger partial charge in [0.05, 0.1) is 23.7 Å². The number of amides is 1. The summed E-state index contributed by atoms with van der Waals surface area (Å²) in [4.78, 5) is 15.8. The second kappa shape index (κ2) is 6.80. The van der Waals surface area contributed by atoms with E-state index in [9.17, 15) is 4.79 Å². The number of benzene rings is 1. The molecule has 0 aliphatic heterocycles. The number of nitriles is 1. The summed E-state index contributed by atoms with van der Waals surface area (Å²) in [6.45, 7) is 4.64. The van der Waals surface area contributed by atoms with E-state index in [1.807, 2.05) is 18.7 Å². The molecule has 0 heterocycles. The highest BCUT2D eigenvalue weighted by molar-refractivity contribution is 6.00. The predicted octanol–water partition coefficient (Wildman–Crippen LogP) is 2.10. The van der Waals surface area contributed by atoms with Crippen molar-refractivity contribution in [3.05, 3.63) is 23.8 Å². The highest BCUT2D eigenvalue weighted by Gasteiger charge is 2.20. The molecule has 0 atom stereocenters. The fourth-order valence-electron chi connectivity index (χ4n) is 2.04. The molecule has 0 saturated heterocycles. The molecule has 0 aliphatic rings. The van der Waals surface area contributed by atoms with Crippen LogP contribution in [0.3, 0.4) is 0 Å². The van der Waals surface area contributed by atoms with Crippen molar-refractivity contribution in [2.45, 2.75) is 26.3 Å². The van der Waals surface area contributed by atoms with Gasteiger partial charge >= 0.3 is 0 Å². The Morgan fingerprint density at radius 3 is 2.55 bits per heavy atom. The van der Waals surface area contributed by atoms with E-state index < -0.39 is 0 Å². The van der Waals surface area contributed by atoms with Crippen LogP contribution in [-0.4, -0.2) is 37.5 Å². The molecule has 1 aromatic carbocycles. The van der Waals surface area contributed by atoms with Crippen LogP contribution < -0.4 is 10.6 Å². The number of hydrogen-bond donors (Lipinski definition) is 1. The molecule has 1 aromatic rings. The van der Waals surface area contributed by atoms with Crippen molar-refractivity contribution in [2.24, 2.45) is 0 Å². The predicted molar refractivity (Wildman–Crippen MR) is 81.6 cm³/mol. The van der Waals surface area contributed by atoms with Gasteiger partial charge < -0.3 is 15.5 Å². The lowest BCUT2D eigenvalue weighted by Crippen LogP contribution is -2.34. The van der Waals surface area contributed by atoms with Crippen LogP contribution >= 0.6 is 0 Å². The number of rotatable bonds is 5. The molecule has 1 amide bonds. The number of nitrogens with two attached hydrogens (primary N) is 1. The third kappa shape index (κ3) is 3.64. The van der Waals surface area contributed by atoms with Crippen molar-refractivity contribution >= 4 is 17.3 Å². The summed E-state index contributed by atoms with van der Waals surface area (Å²) in [5.74, 6) is -0.0670. The van der Waals surface area contributed by atoms with Crippen molar-refractivity contribution < 1.29 is 4.79 Å². The van der Waals surface area contributed by atoms with Crippen LogP contribution in [0.1, 0.15) is 30.6 Å². The molecular weight excluding hydrogens is 252 g/mol. The molecule has 0 aliphatic carbocycles. The van der Waals surface area contributed by atoms with Gasteiger partial charge in [-0.3, -0.25) is 4.79 Å². The van der Waals surface area contributed by atoms with Crippen molar-refractivity contribution in [3.8, 4) is 6.07 Å². The van der Waals surface area contributed by atoms with Gasteiger partial charge in [-0.1, -0.05) is 0 Å². The minimum Gasteiger partial charge on any atom is -0.399 e. The van der Waals surface area contributed by atoms with E-state index in [1.165, 1.54) is 4.90 Å². The first-order valence-corrected chi connectivity index (χ1v) is 6.63. The second-order valence-electron chi connectivity index (χ2n) is 5.17. The van der Waals surface area contributed by atoms with E-state index in [1.54, 1.807) is 32.3 Å². The molecule has 5 nitrogen and oxygen atoms in total. The normalized spacial score (nSPS) is 10.2. The lowest BCUT2D eigenvalue weighted by atomic mass is 10.1. The summed E-state index contributed by atoms with van der Waals surface area (Å²) in [5, 5.41) is 8.79. The number of nitrogen functional groups attached to an aromatic ring is 1. The third-order valence-electron chi connectivity index (χ3n) is 3.06. The Kier molecular flexibility index (Phi) is 5.39. The Labute approximate surface area is 120 Å². The van der Waals surface area contributed by atoms with Crippen LogP contribution in [0.25, 0.3) is 0 Å². The van der Waals surface area contributed by atoms with Gasteiger partial charge in [0.25, 0.3) is 5.91 Å². The van der Waals surface area contributed by atoms with Gasteiger partial charge in [-0.15, -0.1) is 0 Å². The monoisotopic (exact) mass is 274 g/mol. The Morgan fingerprint density at radius 1 is 1.40 bits per heavy atom. The van der Waals surface area contributed by atoms with E-state index in [-0.39, 0.29) is 11.9 Å². The summed E-state index contributed by atoms with van der Waals surface area (Å²) >= 11 is 0. The lowest BCUT2D eigenvalue weighted by molar-refractivity contribution is 0.0828. The van der Waals surface area contributed by atoms with Crippen LogP contribution in [0.5, 0.6) is 0 Å². The molecular formula is C15H22N4O. The fraction of sp³-hybridized carbons (Fsp3) is 0.467. The van der Waals surface area contributed by atoms with E-state index in [0.717, 1.165) is 5.69 Å². The van der Waals surface area contributed by atoms with Gasteiger partial charge in [0, 0.05) is 32.4 Å². The molecule has 2 N–H and O–H groups in total. The average molecular weight is 274 g/mol. The van der Waals surface area contributed by atoms with Crippen LogP contribution in [0.2, 0.25) is 0 Å². The number of carbonyl (C=O) groups is 1. The van der Waals surface area contributed by atoms with Crippen LogP contribution in [-0.2, 0) is 0 Å². The first-order valence-electron chi connectivity index (χ1n) is 6.63. The van der Waals surface area contributed by atoms with E-state index in [4.69, 9.17) is 11.0 Å². The van der Waals surface area contributed by atoms with E-state index >= 15 is 0 Å². The summed E-state index contributed by atoms with van der Waals surface area (Å²) in [7, 11) is 3.44. The van der Waals surface area contributed by atoms with Crippen molar-refractivity contribution in [1.29, 1.82) is 5.26 Å². The third-order valence-corrected chi connectivity index (χ3v) is 3.06. The highest BCUT2D eigenvalue weighted by Crippen LogP contribution is 2.26. The van der Waals surface area contributed by atoms with Crippen molar-refractivity contribution in [1.82, 2.24) is 4.90 Å². The maximum atomic E-state index is 12.3. The van der Waals surface area contributed by atoms with Gasteiger partial charge in [0.2, 0.25) is 0 Å². The molecule has 20 heavy (non-hydrogen) atoms. The molecule has 0 radical (unpaired) electrons. The molecule has 0 aromatic heterocycles. The van der Waals surface area contributed by atoms with E-state index in [0.29, 0.717) is 24.2 Å². The number of anilines is 2. The van der Waals surface area contributed by atoms with Gasteiger partial charge in [-0.25, -0.2) is 0 Å². The molecule has 0 saturated carbocycles. The zero-order valence-corrected chi connectivity index (χ0v) is 12.6. The summed E-state index contributed by atoms with van der Waals surface area (Å²) in [6, 6.07) is 7.59. The van der Waals surface area contributed by atoms with Crippen LogP contribution in [0.4, 0.5) is 11.4 Å². The first kappa shape index (κ1) is 15.8. The molecule has 5 heteroatoms. The fourth-order valence-corrected chi connectivity index (χ4v) is 2.04. The minimum absolute atomic E-state index is 0.0670. The quantitative estimate of drug-likeness (QED) is 0.834. The van der Waals surface area contributed by atoms with E-state index in [2.05, 4.69) is 6.07 Å². The Hall–Kier alpha value is -2.22. The van der Waals surface area contributed by atoms with Crippen molar-refractivity contribution in [2.75, 3.05) is 31.3 Å². The maximum Gasteiger partial charge on any atom is 0.255 e. The molecule has 108 valence electrons. The molecule has 0 spiro atoms. The van der Waals surface area contributed by atoms with Gasteiger partial charge in [0.15, 0.2) is 0 Å². The number of carbonyl (C=O) groups excluding carboxylic acids is 1. The maximum absolute atomic E-state index is 12.3. The highest BCUT2D eigenvalue weighted by atomic mass is 16.2.